The Bertz CT molecular complexity index is 804. The second-order valence-corrected chi connectivity index (χ2v) is 4.57. The van der Waals surface area contributed by atoms with E-state index in [1.54, 1.807) is 0 Å². The predicted molar refractivity (Wildman–Crippen MR) is 73.3 cm³/mol. The minimum absolute atomic E-state index is 0.0595. The van der Waals surface area contributed by atoms with Gasteiger partial charge in [0.15, 0.2) is 0 Å². The molecule has 0 atom stereocenters. The highest BCUT2D eigenvalue weighted by Gasteiger charge is 2.09. The van der Waals surface area contributed by atoms with Crippen molar-refractivity contribution in [3.8, 4) is 5.69 Å². The molecule has 106 valence electrons. The molecular weight excluding hydrogens is 276 g/mol. The third-order valence-electron chi connectivity index (χ3n) is 3.02. The Morgan fingerprint density at radius 1 is 1.00 bits per heavy atom. The lowest BCUT2D eigenvalue weighted by Crippen LogP contribution is -2.24. The van der Waals surface area contributed by atoms with Gasteiger partial charge < -0.3 is 0 Å². The summed E-state index contributed by atoms with van der Waals surface area (Å²) in [5.41, 5.74) is 0.540. The normalized spacial score (nSPS) is 10.8. The number of hydrogen-bond acceptors (Lipinski definition) is 2. The van der Waals surface area contributed by atoms with E-state index >= 15 is 0 Å². The largest absolute Gasteiger partial charge is 0.350 e. The summed E-state index contributed by atoms with van der Waals surface area (Å²) in [5.74, 6) is -1.51. The molecule has 3 aromatic rings. The van der Waals surface area contributed by atoms with Crippen LogP contribution in [-0.4, -0.2) is 14.3 Å². The van der Waals surface area contributed by atoms with Gasteiger partial charge in [0.2, 0.25) is 0 Å². The summed E-state index contributed by atoms with van der Waals surface area (Å²) in [5, 5.41) is 3.90. The Labute approximate surface area is 118 Å². The van der Waals surface area contributed by atoms with Crippen molar-refractivity contribution in [2.45, 2.75) is 6.54 Å². The molecule has 0 amide bonds. The lowest BCUT2D eigenvalue weighted by Gasteiger charge is -2.02. The van der Waals surface area contributed by atoms with Gasteiger partial charge in [-0.1, -0.05) is 30.3 Å². The van der Waals surface area contributed by atoms with Gasteiger partial charge in [-0.2, -0.15) is 9.78 Å². The Balaban J connectivity index is 1.98. The van der Waals surface area contributed by atoms with Gasteiger partial charge in [0.05, 0.1) is 12.2 Å². The van der Waals surface area contributed by atoms with Crippen molar-refractivity contribution in [1.82, 2.24) is 14.3 Å². The average Bonchev–Trinajstić information content (AvgIpc) is 2.80. The second kappa shape index (κ2) is 5.32. The molecule has 3 rings (SSSR count). The van der Waals surface area contributed by atoms with Gasteiger partial charge >= 0.3 is 5.69 Å². The van der Waals surface area contributed by atoms with Crippen LogP contribution >= 0.6 is 0 Å². The summed E-state index contributed by atoms with van der Waals surface area (Å²) >= 11 is 0. The minimum Gasteiger partial charge on any atom is -0.277 e. The van der Waals surface area contributed by atoms with Gasteiger partial charge in [-0.3, -0.25) is 4.57 Å². The van der Waals surface area contributed by atoms with E-state index in [9.17, 15) is 13.6 Å². The van der Waals surface area contributed by atoms with Crippen LogP contribution in [0.15, 0.2) is 59.7 Å². The molecule has 0 aliphatic heterocycles. The zero-order valence-electron chi connectivity index (χ0n) is 10.9. The Morgan fingerprint density at radius 3 is 2.33 bits per heavy atom. The summed E-state index contributed by atoms with van der Waals surface area (Å²) in [4.78, 5) is 12.2. The molecule has 0 aliphatic rings. The van der Waals surface area contributed by atoms with E-state index in [0.717, 1.165) is 28.4 Å². The molecule has 0 N–H and O–H groups in total. The smallest absolute Gasteiger partial charge is 0.277 e. The molecule has 0 radical (unpaired) electrons. The lowest BCUT2D eigenvalue weighted by atomic mass is 10.2. The highest BCUT2D eigenvalue weighted by atomic mass is 19.1. The highest BCUT2D eigenvalue weighted by Crippen LogP contribution is 2.10. The number of aromatic nitrogens is 3. The third kappa shape index (κ3) is 2.74. The van der Waals surface area contributed by atoms with E-state index in [2.05, 4.69) is 5.10 Å². The number of rotatable bonds is 3. The monoisotopic (exact) mass is 287 g/mol. The van der Waals surface area contributed by atoms with Crippen molar-refractivity contribution in [1.29, 1.82) is 0 Å². The first-order valence-electron chi connectivity index (χ1n) is 6.28. The van der Waals surface area contributed by atoms with Crippen LogP contribution in [0.5, 0.6) is 0 Å². The summed E-state index contributed by atoms with van der Waals surface area (Å²) in [6.07, 6.45) is 1.35. The molecule has 0 saturated heterocycles. The van der Waals surface area contributed by atoms with E-state index in [0.29, 0.717) is 6.54 Å². The van der Waals surface area contributed by atoms with Crippen molar-refractivity contribution < 1.29 is 8.78 Å². The predicted octanol–water partition coefficient (Wildman–Crippen LogP) is 2.36. The van der Waals surface area contributed by atoms with E-state index < -0.39 is 17.3 Å². The number of nitrogens with zero attached hydrogens (tertiary/aromatic N) is 3. The van der Waals surface area contributed by atoms with Crippen LogP contribution < -0.4 is 5.69 Å². The standard InChI is InChI=1S/C15H11F2N3O/c16-12-6-13(17)8-14(7-12)20-15(21)19(10-18-20)9-11-4-2-1-3-5-11/h1-8,10H,9H2. The molecule has 2 aromatic carbocycles. The van der Waals surface area contributed by atoms with Crippen molar-refractivity contribution in [2.24, 2.45) is 0 Å². The van der Waals surface area contributed by atoms with E-state index in [4.69, 9.17) is 0 Å². The Morgan fingerprint density at radius 2 is 1.67 bits per heavy atom. The molecule has 4 nitrogen and oxygen atoms in total. The maximum Gasteiger partial charge on any atom is 0.350 e. The number of hydrogen-bond donors (Lipinski definition) is 0. The molecule has 0 bridgehead atoms. The summed E-state index contributed by atoms with van der Waals surface area (Å²) in [7, 11) is 0. The SMILES string of the molecule is O=c1n(Cc2ccccc2)cnn1-c1cc(F)cc(F)c1. The first-order chi connectivity index (χ1) is 10.1. The first kappa shape index (κ1) is 13.2. The van der Waals surface area contributed by atoms with Crippen molar-refractivity contribution >= 4 is 0 Å². The zero-order valence-corrected chi connectivity index (χ0v) is 10.9. The molecule has 1 heterocycles. The molecule has 1 aromatic heterocycles. The van der Waals surface area contributed by atoms with Crippen LogP contribution in [0.25, 0.3) is 5.69 Å². The topological polar surface area (TPSA) is 39.8 Å². The lowest BCUT2D eigenvalue weighted by molar-refractivity contribution is 0.579. The van der Waals surface area contributed by atoms with E-state index in [-0.39, 0.29) is 5.69 Å². The fourth-order valence-corrected chi connectivity index (χ4v) is 2.06. The molecule has 0 saturated carbocycles. The van der Waals surface area contributed by atoms with Crippen LogP contribution in [0, 0.1) is 11.6 Å². The van der Waals surface area contributed by atoms with Gasteiger partial charge in [0.1, 0.15) is 18.0 Å². The van der Waals surface area contributed by atoms with Crippen LogP contribution in [0.3, 0.4) is 0 Å². The van der Waals surface area contributed by atoms with Crippen LogP contribution in [0.2, 0.25) is 0 Å². The van der Waals surface area contributed by atoms with Gasteiger partial charge in [-0.05, 0) is 17.7 Å². The molecule has 0 fully saturated rings. The van der Waals surface area contributed by atoms with E-state index in [1.165, 1.54) is 10.9 Å². The number of halogens is 2. The quantitative estimate of drug-likeness (QED) is 0.742. The van der Waals surface area contributed by atoms with Crippen LogP contribution in [0.1, 0.15) is 5.56 Å². The molecule has 0 spiro atoms. The Hall–Kier alpha value is -2.76. The van der Waals surface area contributed by atoms with Crippen molar-refractivity contribution in [3.63, 3.8) is 0 Å². The fraction of sp³-hybridized carbons (Fsp3) is 0.0667. The van der Waals surface area contributed by atoms with Gasteiger partial charge in [0.25, 0.3) is 0 Å². The summed E-state index contributed by atoms with van der Waals surface area (Å²) < 4.78 is 28.8. The Kier molecular flexibility index (Phi) is 3.35. The molecular formula is C15H11F2N3O. The van der Waals surface area contributed by atoms with Crippen molar-refractivity contribution in [2.75, 3.05) is 0 Å². The van der Waals surface area contributed by atoms with Crippen molar-refractivity contribution in [3.05, 3.63) is 82.5 Å². The zero-order chi connectivity index (χ0) is 14.8. The van der Waals surface area contributed by atoms with Crippen LogP contribution in [-0.2, 0) is 6.54 Å². The maximum absolute atomic E-state index is 13.2. The minimum atomic E-state index is -0.755. The second-order valence-electron chi connectivity index (χ2n) is 4.57. The van der Waals surface area contributed by atoms with Gasteiger partial charge in [0, 0.05) is 6.07 Å². The average molecular weight is 287 g/mol. The summed E-state index contributed by atoms with van der Waals surface area (Å²) in [6, 6.07) is 12.2. The van der Waals surface area contributed by atoms with Gasteiger partial charge in [-0.15, -0.1) is 0 Å². The highest BCUT2D eigenvalue weighted by molar-refractivity contribution is 5.31. The third-order valence-corrected chi connectivity index (χ3v) is 3.02. The fourth-order valence-electron chi connectivity index (χ4n) is 2.06. The molecule has 6 heteroatoms. The number of benzene rings is 2. The van der Waals surface area contributed by atoms with E-state index in [1.807, 2.05) is 30.3 Å². The maximum atomic E-state index is 13.2. The molecule has 21 heavy (non-hydrogen) atoms. The molecule has 0 aliphatic carbocycles. The van der Waals surface area contributed by atoms with Crippen LogP contribution in [0.4, 0.5) is 8.78 Å². The van der Waals surface area contributed by atoms with Gasteiger partial charge in [-0.25, -0.2) is 13.6 Å². The summed E-state index contributed by atoms with van der Waals surface area (Å²) in [6.45, 7) is 0.345. The molecule has 0 unspecified atom stereocenters. The first-order valence-corrected chi connectivity index (χ1v) is 6.28.